The van der Waals surface area contributed by atoms with Gasteiger partial charge in [-0.25, -0.2) is 0 Å². The zero-order chi connectivity index (χ0) is 15.8. The fraction of sp³-hybridized carbons (Fsp3) is 0.308. The molecule has 1 unspecified atom stereocenters. The third kappa shape index (κ3) is 6.28. The van der Waals surface area contributed by atoms with Crippen LogP contribution in [0.5, 0.6) is 0 Å². The van der Waals surface area contributed by atoms with Crippen molar-refractivity contribution in [1.29, 1.82) is 0 Å². The molecule has 0 aliphatic carbocycles. The molecule has 1 amide bonds. The van der Waals surface area contributed by atoms with E-state index >= 15 is 0 Å². The van der Waals surface area contributed by atoms with E-state index < -0.39 is 35.6 Å². The van der Waals surface area contributed by atoms with E-state index in [1.165, 1.54) is 0 Å². The van der Waals surface area contributed by atoms with Gasteiger partial charge in [-0.1, -0.05) is 18.2 Å². The summed E-state index contributed by atoms with van der Waals surface area (Å²) in [6.07, 6.45) is -0.407. The number of carboxylic acids is 2. The summed E-state index contributed by atoms with van der Waals surface area (Å²) in [6.45, 7) is 0. The van der Waals surface area contributed by atoms with Crippen LogP contribution in [-0.2, 0) is 14.4 Å². The van der Waals surface area contributed by atoms with Crippen LogP contribution in [0.1, 0.15) is 6.42 Å². The van der Waals surface area contributed by atoms with Gasteiger partial charge >= 0.3 is 11.9 Å². The Bertz CT molecular complexity index is 509. The molecule has 0 aliphatic heterocycles. The van der Waals surface area contributed by atoms with E-state index in [4.69, 9.17) is 15.9 Å². The number of aliphatic carboxylic acids is 2. The lowest BCUT2D eigenvalue weighted by Gasteiger charge is -2.16. The molecule has 0 fully saturated rings. The Morgan fingerprint density at radius 1 is 1.19 bits per heavy atom. The summed E-state index contributed by atoms with van der Waals surface area (Å²) in [7, 11) is 0. The van der Waals surface area contributed by atoms with Gasteiger partial charge in [-0.05, 0) is 12.1 Å². The first-order chi connectivity index (χ1) is 9.90. The number of carbonyl (C=O) groups is 3. The highest BCUT2D eigenvalue weighted by Gasteiger charge is 2.24. The van der Waals surface area contributed by atoms with Crippen molar-refractivity contribution in [2.75, 3.05) is 11.1 Å². The normalized spacial score (nSPS) is 13.2. The summed E-state index contributed by atoms with van der Waals surface area (Å²) in [5.41, 5.74) is 5.89. The van der Waals surface area contributed by atoms with Gasteiger partial charge in [0.15, 0.2) is 0 Å². The zero-order valence-electron chi connectivity index (χ0n) is 11.1. The average molecular weight is 312 g/mol. The lowest BCUT2D eigenvalue weighted by atomic mass is 10.2. The van der Waals surface area contributed by atoms with E-state index in [-0.39, 0.29) is 5.75 Å². The summed E-state index contributed by atoms with van der Waals surface area (Å²) in [4.78, 5) is 33.5. The molecule has 0 spiro atoms. The number of thioether (sulfide) groups is 1. The van der Waals surface area contributed by atoms with E-state index in [0.29, 0.717) is 5.69 Å². The summed E-state index contributed by atoms with van der Waals surface area (Å²) in [5.74, 6) is -2.87. The van der Waals surface area contributed by atoms with Crippen LogP contribution in [0.25, 0.3) is 0 Å². The van der Waals surface area contributed by atoms with Gasteiger partial charge in [-0.3, -0.25) is 14.4 Å². The molecule has 0 aliphatic rings. The van der Waals surface area contributed by atoms with Crippen molar-refractivity contribution in [1.82, 2.24) is 0 Å². The fourth-order valence-electron chi connectivity index (χ4n) is 1.42. The minimum atomic E-state index is -1.19. The molecular weight excluding hydrogens is 296 g/mol. The molecule has 1 aromatic rings. The Balaban J connectivity index is 2.65. The maximum absolute atomic E-state index is 12.0. The molecule has 1 aromatic carbocycles. The van der Waals surface area contributed by atoms with Crippen molar-refractivity contribution < 1.29 is 24.6 Å². The quantitative estimate of drug-likeness (QED) is 0.553. The lowest BCUT2D eigenvalue weighted by Crippen LogP contribution is -2.35. The van der Waals surface area contributed by atoms with Crippen LogP contribution >= 0.6 is 11.8 Å². The summed E-state index contributed by atoms with van der Waals surface area (Å²) in [5, 5.41) is 19.2. The number of nitrogens with two attached hydrogens (primary N) is 1. The van der Waals surface area contributed by atoms with Crippen molar-refractivity contribution >= 4 is 35.3 Å². The van der Waals surface area contributed by atoms with Crippen molar-refractivity contribution in [3.63, 3.8) is 0 Å². The number of para-hydroxylation sites is 1. The maximum atomic E-state index is 12.0. The highest BCUT2D eigenvalue weighted by molar-refractivity contribution is 8.00. The molecular formula is C13H16N2O5S. The molecule has 2 atom stereocenters. The highest BCUT2D eigenvalue weighted by Crippen LogP contribution is 2.18. The van der Waals surface area contributed by atoms with Gasteiger partial charge in [0.25, 0.3) is 0 Å². The molecule has 1 rings (SSSR count). The predicted molar refractivity (Wildman–Crippen MR) is 79.2 cm³/mol. The summed E-state index contributed by atoms with van der Waals surface area (Å²) >= 11 is 0.915. The Morgan fingerprint density at radius 2 is 1.81 bits per heavy atom. The minimum absolute atomic E-state index is 0.0461. The van der Waals surface area contributed by atoms with Gasteiger partial charge in [-0.15, -0.1) is 11.8 Å². The monoisotopic (exact) mass is 312 g/mol. The van der Waals surface area contributed by atoms with Crippen molar-refractivity contribution in [2.24, 2.45) is 5.73 Å². The van der Waals surface area contributed by atoms with Crippen LogP contribution in [0.3, 0.4) is 0 Å². The smallest absolute Gasteiger partial charge is 0.321 e. The highest BCUT2D eigenvalue weighted by atomic mass is 32.2. The van der Waals surface area contributed by atoms with E-state index in [1.807, 2.05) is 0 Å². The first-order valence-corrected chi connectivity index (χ1v) is 7.12. The van der Waals surface area contributed by atoms with Crippen molar-refractivity contribution in [3.05, 3.63) is 30.3 Å². The number of nitrogens with one attached hydrogen (secondary N) is 1. The molecule has 7 nitrogen and oxygen atoms in total. The number of anilines is 1. The third-order valence-electron chi connectivity index (χ3n) is 2.49. The molecule has 0 bridgehead atoms. The molecule has 114 valence electrons. The number of benzene rings is 1. The van der Waals surface area contributed by atoms with Crippen LogP contribution < -0.4 is 11.1 Å². The molecule has 21 heavy (non-hydrogen) atoms. The number of carbonyl (C=O) groups excluding carboxylic acids is 1. The number of hydrogen-bond donors (Lipinski definition) is 4. The largest absolute Gasteiger partial charge is 0.481 e. The predicted octanol–water partition coefficient (Wildman–Crippen LogP) is 0.613. The van der Waals surface area contributed by atoms with Crippen LogP contribution in [0.2, 0.25) is 0 Å². The SMILES string of the molecule is N[C@@H](CSC(CC(=O)O)C(=O)Nc1ccccc1)C(=O)O. The van der Waals surface area contributed by atoms with Gasteiger partial charge in [0.2, 0.25) is 5.91 Å². The first kappa shape index (κ1) is 17.0. The van der Waals surface area contributed by atoms with Gasteiger partial charge < -0.3 is 21.3 Å². The van der Waals surface area contributed by atoms with Crippen LogP contribution in [-0.4, -0.2) is 45.1 Å². The second-order valence-corrected chi connectivity index (χ2v) is 5.46. The molecule has 0 saturated heterocycles. The molecule has 0 radical (unpaired) electrons. The van der Waals surface area contributed by atoms with Crippen LogP contribution in [0.4, 0.5) is 5.69 Å². The third-order valence-corrected chi connectivity index (χ3v) is 3.82. The molecule has 0 saturated carbocycles. The number of hydrogen-bond acceptors (Lipinski definition) is 5. The molecule has 8 heteroatoms. The molecule has 5 N–H and O–H groups in total. The number of rotatable bonds is 8. The van der Waals surface area contributed by atoms with E-state index in [1.54, 1.807) is 30.3 Å². The molecule has 0 aromatic heterocycles. The van der Waals surface area contributed by atoms with Crippen molar-refractivity contribution in [2.45, 2.75) is 17.7 Å². The Labute approximate surface area is 125 Å². The standard InChI is InChI=1S/C13H16N2O5S/c14-9(13(19)20)7-21-10(6-11(16)17)12(18)15-8-4-2-1-3-5-8/h1-5,9-10H,6-7,14H2,(H,15,18)(H,16,17)(H,19,20)/t9-,10?/m0/s1. The Kier molecular flexibility index (Phi) is 6.70. The fourth-order valence-corrected chi connectivity index (χ4v) is 2.47. The Hall–Kier alpha value is -2.06. The zero-order valence-corrected chi connectivity index (χ0v) is 11.9. The molecule has 0 heterocycles. The number of carboxylic acid groups (broad SMARTS) is 2. The lowest BCUT2D eigenvalue weighted by molar-refractivity contribution is -0.138. The summed E-state index contributed by atoms with van der Waals surface area (Å²) < 4.78 is 0. The maximum Gasteiger partial charge on any atom is 0.321 e. The van der Waals surface area contributed by atoms with Gasteiger partial charge in [0.1, 0.15) is 6.04 Å². The van der Waals surface area contributed by atoms with E-state index in [9.17, 15) is 14.4 Å². The van der Waals surface area contributed by atoms with E-state index in [2.05, 4.69) is 5.32 Å². The van der Waals surface area contributed by atoms with E-state index in [0.717, 1.165) is 11.8 Å². The second-order valence-electron chi connectivity index (χ2n) is 4.22. The minimum Gasteiger partial charge on any atom is -0.481 e. The van der Waals surface area contributed by atoms with Gasteiger partial charge in [0.05, 0.1) is 11.7 Å². The average Bonchev–Trinajstić information content (AvgIpc) is 2.43. The number of amides is 1. The first-order valence-electron chi connectivity index (χ1n) is 6.08. The topological polar surface area (TPSA) is 130 Å². The van der Waals surface area contributed by atoms with Crippen LogP contribution in [0.15, 0.2) is 30.3 Å². The Morgan fingerprint density at radius 3 is 2.33 bits per heavy atom. The van der Waals surface area contributed by atoms with Gasteiger partial charge in [-0.2, -0.15) is 0 Å². The second kappa shape index (κ2) is 8.28. The summed E-state index contributed by atoms with van der Waals surface area (Å²) in [6, 6.07) is 7.44. The van der Waals surface area contributed by atoms with Crippen LogP contribution in [0, 0.1) is 0 Å². The van der Waals surface area contributed by atoms with Crippen molar-refractivity contribution in [3.8, 4) is 0 Å². The van der Waals surface area contributed by atoms with Gasteiger partial charge in [0, 0.05) is 11.4 Å².